The summed E-state index contributed by atoms with van der Waals surface area (Å²) >= 11 is 0. The third-order valence-corrected chi connectivity index (χ3v) is 3.04. The summed E-state index contributed by atoms with van der Waals surface area (Å²) in [6.07, 6.45) is 8.20. The van der Waals surface area contributed by atoms with Crippen LogP contribution in [0.3, 0.4) is 0 Å². The van der Waals surface area contributed by atoms with E-state index in [0.29, 0.717) is 22.9 Å². The maximum absolute atomic E-state index is 9.96. The lowest BCUT2D eigenvalue weighted by molar-refractivity contribution is 0.403. The zero-order chi connectivity index (χ0) is 12.0. The number of rotatable bonds is 0. The molecule has 3 rings (SSSR count). The highest BCUT2D eigenvalue weighted by atomic mass is 16.3. The van der Waals surface area contributed by atoms with Crippen molar-refractivity contribution < 1.29 is 10.2 Å². The van der Waals surface area contributed by atoms with Gasteiger partial charge in [-0.15, -0.1) is 0 Å². The molecule has 0 atom stereocenters. The fraction of sp³-hybridized carbons (Fsp3) is 0.154. The van der Waals surface area contributed by atoms with Gasteiger partial charge in [0, 0.05) is 10.8 Å². The quantitative estimate of drug-likeness (QED) is 0.580. The van der Waals surface area contributed by atoms with Gasteiger partial charge in [0.25, 0.3) is 0 Å². The molecule has 86 valence electrons. The number of benzene rings is 1. The van der Waals surface area contributed by atoms with Gasteiger partial charge in [0.05, 0.1) is 0 Å². The Morgan fingerprint density at radius 3 is 2.94 bits per heavy atom. The number of nitrogens with one attached hydrogen (secondary N) is 1. The Bertz CT molecular complexity index is 754. The van der Waals surface area contributed by atoms with Crippen molar-refractivity contribution in [3.05, 3.63) is 28.4 Å². The molecule has 0 spiro atoms. The number of allylic oxidation sites excluding steroid dienone is 2. The van der Waals surface area contributed by atoms with Crippen LogP contribution in [0.25, 0.3) is 23.2 Å². The minimum atomic E-state index is -0.122. The molecule has 4 heteroatoms. The predicted molar refractivity (Wildman–Crippen MR) is 66.1 cm³/mol. The molecule has 1 aromatic carbocycles. The molecule has 0 bridgehead atoms. The van der Waals surface area contributed by atoms with Crippen LogP contribution in [-0.4, -0.2) is 20.2 Å². The van der Waals surface area contributed by atoms with Crippen LogP contribution in [0.1, 0.15) is 12.5 Å². The van der Waals surface area contributed by atoms with Gasteiger partial charge in [-0.05, 0) is 19.4 Å². The third-order valence-electron chi connectivity index (χ3n) is 3.04. The molecule has 0 radical (unpaired) electrons. The number of fused-ring (bicyclic) bond motifs is 3. The van der Waals surface area contributed by atoms with E-state index in [0.717, 1.165) is 10.8 Å². The van der Waals surface area contributed by atoms with Crippen LogP contribution in [0.15, 0.2) is 12.2 Å². The highest BCUT2D eigenvalue weighted by Crippen LogP contribution is 2.33. The molecule has 1 heterocycles. The van der Waals surface area contributed by atoms with E-state index >= 15 is 0 Å². The lowest BCUT2D eigenvalue weighted by Gasteiger charge is -2.09. The van der Waals surface area contributed by atoms with Crippen molar-refractivity contribution in [2.24, 2.45) is 0 Å². The monoisotopic (exact) mass is 228 g/mol. The van der Waals surface area contributed by atoms with Crippen molar-refractivity contribution in [2.75, 3.05) is 0 Å². The van der Waals surface area contributed by atoms with E-state index in [1.807, 2.05) is 31.2 Å². The number of nitrogens with zero attached hydrogens (tertiary/aromatic N) is 1. The summed E-state index contributed by atoms with van der Waals surface area (Å²) in [5.74, 6) is -0.178. The molecule has 0 unspecified atom stereocenters. The normalized spacial score (nSPS) is 15.0. The molecule has 0 aliphatic heterocycles. The number of hydrogen-bond acceptors (Lipinski definition) is 3. The van der Waals surface area contributed by atoms with Crippen molar-refractivity contribution in [3.8, 4) is 11.5 Å². The molecule has 1 aromatic heterocycles. The molecule has 4 nitrogen and oxygen atoms in total. The van der Waals surface area contributed by atoms with Crippen molar-refractivity contribution in [2.45, 2.75) is 13.3 Å². The number of H-pyrrole nitrogens is 1. The minimum Gasteiger partial charge on any atom is -0.504 e. The zero-order valence-electron chi connectivity index (χ0n) is 9.36. The predicted octanol–water partition coefficient (Wildman–Crippen LogP) is 0.667. The second-order valence-corrected chi connectivity index (χ2v) is 4.02. The van der Waals surface area contributed by atoms with Crippen molar-refractivity contribution in [3.63, 3.8) is 0 Å². The van der Waals surface area contributed by atoms with Crippen LogP contribution in [0, 0.1) is 0 Å². The molecule has 1 aliphatic rings. The Kier molecular flexibility index (Phi) is 1.98. The van der Waals surface area contributed by atoms with Gasteiger partial charge in [-0.25, -0.2) is 4.98 Å². The van der Waals surface area contributed by atoms with Gasteiger partial charge in [0.2, 0.25) is 0 Å². The van der Waals surface area contributed by atoms with Crippen molar-refractivity contribution >= 4 is 23.2 Å². The first-order valence-corrected chi connectivity index (χ1v) is 5.48. The second-order valence-electron chi connectivity index (χ2n) is 4.02. The van der Waals surface area contributed by atoms with E-state index in [-0.39, 0.29) is 11.5 Å². The molecule has 0 fully saturated rings. The number of phenols is 2. The van der Waals surface area contributed by atoms with Gasteiger partial charge in [-0.1, -0.05) is 18.2 Å². The van der Waals surface area contributed by atoms with E-state index < -0.39 is 0 Å². The first kappa shape index (κ1) is 9.96. The number of phenolic OH excluding ortho intramolecular Hbond substituents is 2. The maximum atomic E-state index is 9.96. The van der Waals surface area contributed by atoms with E-state index in [1.54, 1.807) is 0 Å². The average Bonchev–Trinajstić information content (AvgIpc) is 2.80. The summed E-state index contributed by atoms with van der Waals surface area (Å²) in [6.45, 7) is 1.87. The van der Waals surface area contributed by atoms with Crippen LogP contribution in [0.2, 0.25) is 0 Å². The highest BCUT2D eigenvalue weighted by molar-refractivity contribution is 5.87. The van der Waals surface area contributed by atoms with Crippen LogP contribution in [0.5, 0.6) is 11.5 Å². The lowest BCUT2D eigenvalue weighted by Crippen LogP contribution is -2.13. The summed E-state index contributed by atoms with van der Waals surface area (Å²) in [7, 11) is 0. The summed E-state index contributed by atoms with van der Waals surface area (Å²) < 4.78 is 0. The summed E-state index contributed by atoms with van der Waals surface area (Å²) in [4.78, 5) is 7.38. The van der Waals surface area contributed by atoms with Gasteiger partial charge < -0.3 is 15.2 Å². The molecule has 17 heavy (non-hydrogen) atoms. The summed E-state index contributed by atoms with van der Waals surface area (Å²) in [5, 5.41) is 20.8. The smallest absolute Gasteiger partial charge is 0.184 e. The molecule has 0 amide bonds. The number of aromatic nitrogens is 2. The lowest BCUT2D eigenvalue weighted by atomic mass is 10.0. The topological polar surface area (TPSA) is 69.1 Å². The zero-order valence-corrected chi connectivity index (χ0v) is 9.36. The van der Waals surface area contributed by atoms with Crippen molar-refractivity contribution in [1.29, 1.82) is 0 Å². The van der Waals surface area contributed by atoms with E-state index in [4.69, 9.17) is 0 Å². The van der Waals surface area contributed by atoms with E-state index in [9.17, 15) is 10.2 Å². The Labute approximate surface area is 97.2 Å². The molecule has 0 saturated carbocycles. The summed E-state index contributed by atoms with van der Waals surface area (Å²) in [6, 6.07) is 0. The summed E-state index contributed by atoms with van der Waals surface area (Å²) in [5.41, 5.74) is 2.60. The molecular formula is C13H12N2O2. The molecule has 3 N–H and O–H groups in total. The van der Waals surface area contributed by atoms with E-state index in [1.165, 1.54) is 0 Å². The van der Waals surface area contributed by atoms with Crippen LogP contribution < -0.4 is 10.7 Å². The average molecular weight is 228 g/mol. The Morgan fingerprint density at radius 1 is 1.35 bits per heavy atom. The number of aromatic hydroxyl groups is 2. The number of aromatic amines is 1. The van der Waals surface area contributed by atoms with Gasteiger partial charge >= 0.3 is 0 Å². The van der Waals surface area contributed by atoms with Crippen LogP contribution >= 0.6 is 0 Å². The van der Waals surface area contributed by atoms with Gasteiger partial charge in [-0.3, -0.25) is 0 Å². The van der Waals surface area contributed by atoms with Crippen molar-refractivity contribution in [1.82, 2.24) is 9.97 Å². The Balaban J connectivity index is 2.61. The Morgan fingerprint density at radius 2 is 2.18 bits per heavy atom. The molecule has 0 saturated heterocycles. The first-order chi connectivity index (χ1) is 8.22. The number of imidazole rings is 1. The largest absolute Gasteiger partial charge is 0.504 e. The fourth-order valence-electron chi connectivity index (χ4n) is 2.16. The van der Waals surface area contributed by atoms with Gasteiger partial charge in [-0.2, -0.15) is 0 Å². The van der Waals surface area contributed by atoms with Crippen LogP contribution in [-0.2, 0) is 6.42 Å². The van der Waals surface area contributed by atoms with Gasteiger partial charge in [0.15, 0.2) is 11.5 Å². The highest BCUT2D eigenvalue weighted by Gasteiger charge is 2.17. The SMILES string of the molecule is C/C=c1/nc2c3c(c(O)c(O)c2[nH]1)CC=CC=3. The molecular weight excluding hydrogens is 216 g/mol. The Hall–Kier alpha value is -2.23. The first-order valence-electron chi connectivity index (χ1n) is 5.48. The van der Waals surface area contributed by atoms with Crippen LogP contribution in [0.4, 0.5) is 0 Å². The van der Waals surface area contributed by atoms with E-state index in [2.05, 4.69) is 9.97 Å². The minimum absolute atomic E-state index is 0.0561. The standard InChI is InChI=1S/C13H12N2O2/c1-2-9-14-10-7-5-3-4-6-8(7)12(16)13(17)11(10)15-9/h2-5,15-17H,6H2,1H3/b9-2-. The number of hydrogen-bond donors (Lipinski definition) is 3. The van der Waals surface area contributed by atoms with Gasteiger partial charge in [0.1, 0.15) is 16.5 Å². The molecule has 1 aliphatic carbocycles. The molecule has 2 aromatic rings. The second kappa shape index (κ2) is 3.38. The third kappa shape index (κ3) is 1.27. The maximum Gasteiger partial charge on any atom is 0.184 e. The fourth-order valence-corrected chi connectivity index (χ4v) is 2.16.